The molecule has 1 aliphatic heterocycles. The van der Waals surface area contributed by atoms with Gasteiger partial charge in [0.25, 0.3) is 0 Å². The molecule has 0 atom stereocenters. The fourth-order valence-corrected chi connectivity index (χ4v) is 2.28. The summed E-state index contributed by atoms with van der Waals surface area (Å²) >= 11 is 0. The summed E-state index contributed by atoms with van der Waals surface area (Å²) in [5.41, 5.74) is 0.133. The normalized spacial score (nSPS) is 12.4. The number of likely N-dealkylation sites (N-methyl/N-ethyl adjacent to an activating group) is 1. The van der Waals surface area contributed by atoms with Gasteiger partial charge in [0.1, 0.15) is 13.2 Å². The van der Waals surface area contributed by atoms with Crippen molar-refractivity contribution in [1.82, 2.24) is 19.7 Å². The van der Waals surface area contributed by atoms with Crippen LogP contribution in [0.15, 0.2) is 23.0 Å². The molecule has 0 fully saturated rings. The molecule has 1 aliphatic rings. The van der Waals surface area contributed by atoms with Crippen LogP contribution in [0.3, 0.4) is 0 Å². The Kier molecular flexibility index (Phi) is 4.02. The lowest BCUT2D eigenvalue weighted by molar-refractivity contribution is -0.121. The molecular weight excluding hydrogens is 304 g/mol. The summed E-state index contributed by atoms with van der Waals surface area (Å²) in [6, 6.07) is 5.13. The average molecular weight is 320 g/mol. The first-order valence-corrected chi connectivity index (χ1v) is 6.92. The SMILES string of the molecule is CNC(=O)Cn1nc(COC)n(-c2ccc3c(c2)OCO3)c1=O. The van der Waals surface area contributed by atoms with Crippen LogP contribution in [0.1, 0.15) is 5.82 Å². The molecule has 0 unspecified atom stereocenters. The van der Waals surface area contributed by atoms with Gasteiger partial charge in [0.15, 0.2) is 17.3 Å². The van der Waals surface area contributed by atoms with Crippen molar-refractivity contribution in [3.05, 3.63) is 34.5 Å². The summed E-state index contributed by atoms with van der Waals surface area (Å²) in [5.74, 6) is 1.25. The van der Waals surface area contributed by atoms with Crippen LogP contribution in [0.5, 0.6) is 11.5 Å². The summed E-state index contributed by atoms with van der Waals surface area (Å²) in [4.78, 5) is 24.1. The van der Waals surface area contributed by atoms with Crippen LogP contribution in [0.4, 0.5) is 0 Å². The third-order valence-corrected chi connectivity index (χ3v) is 3.37. The minimum Gasteiger partial charge on any atom is -0.454 e. The first-order valence-electron chi connectivity index (χ1n) is 6.92. The van der Waals surface area contributed by atoms with Crippen molar-refractivity contribution in [3.63, 3.8) is 0 Å². The molecular formula is C14H16N4O5. The average Bonchev–Trinajstić information content (AvgIpc) is 3.12. The number of carbonyl (C=O) groups is 1. The van der Waals surface area contributed by atoms with Gasteiger partial charge in [-0.05, 0) is 12.1 Å². The maximum Gasteiger partial charge on any atom is 0.351 e. The van der Waals surface area contributed by atoms with Gasteiger partial charge in [-0.1, -0.05) is 0 Å². The predicted octanol–water partition coefficient (Wildman–Crippen LogP) is -0.345. The zero-order chi connectivity index (χ0) is 16.4. The maximum atomic E-state index is 12.6. The lowest BCUT2D eigenvalue weighted by Gasteiger charge is -2.05. The molecule has 122 valence electrons. The van der Waals surface area contributed by atoms with Gasteiger partial charge >= 0.3 is 5.69 Å². The zero-order valence-electron chi connectivity index (χ0n) is 12.7. The summed E-state index contributed by atoms with van der Waals surface area (Å²) in [6.07, 6.45) is 0. The molecule has 23 heavy (non-hydrogen) atoms. The number of hydrogen-bond donors (Lipinski definition) is 1. The van der Waals surface area contributed by atoms with E-state index in [1.54, 1.807) is 18.2 Å². The summed E-state index contributed by atoms with van der Waals surface area (Å²) < 4.78 is 18.2. The number of ether oxygens (including phenoxy) is 3. The Balaban J connectivity index is 2.06. The van der Waals surface area contributed by atoms with Crippen molar-refractivity contribution >= 4 is 5.91 Å². The largest absolute Gasteiger partial charge is 0.454 e. The lowest BCUT2D eigenvalue weighted by Crippen LogP contribution is -2.31. The van der Waals surface area contributed by atoms with E-state index in [-0.39, 0.29) is 25.9 Å². The number of amides is 1. The van der Waals surface area contributed by atoms with Crippen LogP contribution >= 0.6 is 0 Å². The highest BCUT2D eigenvalue weighted by molar-refractivity contribution is 5.75. The van der Waals surface area contributed by atoms with Crippen LogP contribution in [0, 0.1) is 0 Å². The van der Waals surface area contributed by atoms with Crippen molar-refractivity contribution in [2.75, 3.05) is 21.0 Å². The third kappa shape index (κ3) is 2.78. The van der Waals surface area contributed by atoms with E-state index in [0.29, 0.717) is 23.0 Å². The Morgan fingerprint density at radius 2 is 2.17 bits per heavy atom. The van der Waals surface area contributed by atoms with Gasteiger partial charge < -0.3 is 19.5 Å². The summed E-state index contributed by atoms with van der Waals surface area (Å²) in [7, 11) is 3.00. The van der Waals surface area contributed by atoms with Crippen LogP contribution in [0.2, 0.25) is 0 Å². The number of hydrogen-bond acceptors (Lipinski definition) is 6. The van der Waals surface area contributed by atoms with Crippen molar-refractivity contribution in [2.24, 2.45) is 0 Å². The Labute approximate surface area is 131 Å². The second-order valence-corrected chi connectivity index (χ2v) is 4.84. The fraction of sp³-hybridized carbons (Fsp3) is 0.357. The number of rotatable bonds is 5. The molecule has 9 heteroatoms. The van der Waals surface area contributed by atoms with Crippen molar-refractivity contribution in [3.8, 4) is 17.2 Å². The van der Waals surface area contributed by atoms with Crippen molar-refractivity contribution in [2.45, 2.75) is 13.2 Å². The van der Waals surface area contributed by atoms with Crippen LogP contribution in [-0.4, -0.2) is 41.2 Å². The van der Waals surface area contributed by atoms with E-state index in [9.17, 15) is 9.59 Å². The van der Waals surface area contributed by atoms with Crippen LogP contribution in [0.25, 0.3) is 5.69 Å². The van der Waals surface area contributed by atoms with Crippen LogP contribution in [-0.2, 0) is 22.7 Å². The molecule has 2 aromatic rings. The monoisotopic (exact) mass is 320 g/mol. The standard InChI is InChI=1S/C14H16N4O5/c1-15-13(19)6-17-14(20)18(12(16-17)7-21-2)9-3-4-10-11(5-9)23-8-22-10/h3-5H,6-8H2,1-2H3,(H,15,19). The quantitative estimate of drug-likeness (QED) is 0.809. The Morgan fingerprint density at radius 3 is 2.91 bits per heavy atom. The van der Waals surface area contributed by atoms with Crippen molar-refractivity contribution in [1.29, 1.82) is 0 Å². The molecule has 2 heterocycles. The van der Waals surface area contributed by atoms with Gasteiger partial charge in [-0.15, -0.1) is 0 Å². The number of nitrogens with one attached hydrogen (secondary N) is 1. The first kappa shape index (κ1) is 15.1. The van der Waals surface area contributed by atoms with Gasteiger partial charge in [0, 0.05) is 20.2 Å². The highest BCUT2D eigenvalue weighted by atomic mass is 16.7. The highest BCUT2D eigenvalue weighted by Crippen LogP contribution is 2.33. The molecule has 9 nitrogen and oxygen atoms in total. The molecule has 0 radical (unpaired) electrons. The van der Waals surface area contributed by atoms with Gasteiger partial charge in [0.2, 0.25) is 12.7 Å². The number of benzene rings is 1. The lowest BCUT2D eigenvalue weighted by atomic mass is 10.2. The fourth-order valence-electron chi connectivity index (χ4n) is 2.28. The van der Waals surface area contributed by atoms with E-state index < -0.39 is 5.69 Å². The highest BCUT2D eigenvalue weighted by Gasteiger charge is 2.19. The number of fused-ring (bicyclic) bond motifs is 1. The number of aromatic nitrogens is 3. The van der Waals surface area contributed by atoms with E-state index >= 15 is 0 Å². The second kappa shape index (κ2) is 6.13. The summed E-state index contributed by atoms with van der Waals surface area (Å²) in [5, 5.41) is 6.63. The molecule has 0 aliphatic carbocycles. The van der Waals surface area contributed by atoms with E-state index in [2.05, 4.69) is 10.4 Å². The van der Waals surface area contributed by atoms with Gasteiger partial charge in [-0.25, -0.2) is 14.0 Å². The Morgan fingerprint density at radius 1 is 1.39 bits per heavy atom. The molecule has 0 spiro atoms. The van der Waals surface area contributed by atoms with E-state index in [0.717, 1.165) is 4.68 Å². The Hall–Kier alpha value is -2.81. The minimum atomic E-state index is -0.431. The van der Waals surface area contributed by atoms with E-state index in [1.165, 1.54) is 18.7 Å². The van der Waals surface area contributed by atoms with Crippen LogP contribution < -0.4 is 20.5 Å². The van der Waals surface area contributed by atoms with Crippen molar-refractivity contribution < 1.29 is 19.0 Å². The topological polar surface area (TPSA) is 96.6 Å². The van der Waals surface area contributed by atoms with E-state index in [4.69, 9.17) is 14.2 Å². The number of carbonyl (C=O) groups excluding carboxylic acids is 1. The molecule has 1 aromatic heterocycles. The molecule has 3 rings (SSSR count). The smallest absolute Gasteiger partial charge is 0.351 e. The number of nitrogens with zero attached hydrogens (tertiary/aromatic N) is 3. The molecule has 0 saturated carbocycles. The van der Waals surface area contributed by atoms with Gasteiger partial charge in [-0.3, -0.25) is 4.79 Å². The third-order valence-electron chi connectivity index (χ3n) is 3.37. The predicted molar refractivity (Wildman–Crippen MR) is 78.7 cm³/mol. The Bertz CT molecular complexity index is 795. The van der Waals surface area contributed by atoms with E-state index in [1.807, 2.05) is 0 Å². The van der Waals surface area contributed by atoms with Gasteiger partial charge in [0.05, 0.1) is 5.69 Å². The molecule has 0 bridgehead atoms. The molecule has 1 aromatic carbocycles. The summed E-state index contributed by atoms with van der Waals surface area (Å²) in [6.45, 7) is 0.114. The molecule has 0 saturated heterocycles. The maximum absolute atomic E-state index is 12.6. The zero-order valence-corrected chi connectivity index (χ0v) is 12.7. The van der Waals surface area contributed by atoms with Gasteiger partial charge in [-0.2, -0.15) is 5.10 Å². The molecule has 1 amide bonds. The second-order valence-electron chi connectivity index (χ2n) is 4.84. The first-order chi connectivity index (χ1) is 11.1. The molecule has 1 N–H and O–H groups in total. The number of methoxy groups -OCH3 is 1. The minimum absolute atomic E-state index is 0.129.